The number of halogens is 1. The standard InChI is InChI=1S/C11H12ClNO2S/c1-13-5-4-8-7-16(14,15)11-3-2-9(12)6-10(8)11/h2-3,6-7,13H,4-5H2,1H3. The fraction of sp³-hybridized carbons (Fsp3) is 0.273. The Labute approximate surface area is 100 Å². The van der Waals surface area contributed by atoms with Gasteiger partial charge in [-0.25, -0.2) is 8.42 Å². The third kappa shape index (κ3) is 2.00. The Bertz CT molecular complexity index is 549. The van der Waals surface area contributed by atoms with E-state index in [4.69, 9.17) is 11.6 Å². The summed E-state index contributed by atoms with van der Waals surface area (Å²) >= 11 is 5.88. The Morgan fingerprint density at radius 1 is 1.38 bits per heavy atom. The molecule has 1 aromatic rings. The normalized spacial score (nSPS) is 17.0. The van der Waals surface area contributed by atoms with E-state index in [1.54, 1.807) is 18.2 Å². The summed E-state index contributed by atoms with van der Waals surface area (Å²) in [7, 11) is -1.41. The summed E-state index contributed by atoms with van der Waals surface area (Å²) in [6.07, 6.45) is 0.684. The smallest absolute Gasteiger partial charge is 0.200 e. The van der Waals surface area contributed by atoms with Gasteiger partial charge >= 0.3 is 0 Å². The van der Waals surface area contributed by atoms with Crippen LogP contribution in [0, 0.1) is 0 Å². The highest BCUT2D eigenvalue weighted by Gasteiger charge is 2.26. The van der Waals surface area contributed by atoms with E-state index in [1.807, 2.05) is 7.05 Å². The summed E-state index contributed by atoms with van der Waals surface area (Å²) in [6.45, 7) is 0.743. The highest BCUT2D eigenvalue weighted by molar-refractivity contribution is 7.95. The minimum atomic E-state index is -3.25. The van der Waals surface area contributed by atoms with Crippen molar-refractivity contribution in [3.63, 3.8) is 0 Å². The molecule has 0 bridgehead atoms. The molecule has 0 saturated heterocycles. The molecule has 0 amide bonds. The zero-order valence-corrected chi connectivity index (χ0v) is 10.4. The Morgan fingerprint density at radius 2 is 2.12 bits per heavy atom. The molecule has 3 nitrogen and oxygen atoms in total. The summed E-state index contributed by atoms with van der Waals surface area (Å²) < 4.78 is 23.6. The number of nitrogens with one attached hydrogen (secondary N) is 1. The molecule has 16 heavy (non-hydrogen) atoms. The number of hydrogen-bond donors (Lipinski definition) is 1. The average molecular weight is 258 g/mol. The van der Waals surface area contributed by atoms with Gasteiger partial charge in [0, 0.05) is 10.4 Å². The molecule has 1 aliphatic rings. The largest absolute Gasteiger partial charge is 0.319 e. The molecule has 1 heterocycles. The molecular weight excluding hydrogens is 246 g/mol. The molecule has 86 valence electrons. The Balaban J connectivity index is 2.49. The second kappa shape index (κ2) is 4.20. The van der Waals surface area contributed by atoms with Gasteiger partial charge in [-0.05, 0) is 49.3 Å². The van der Waals surface area contributed by atoms with Gasteiger partial charge in [-0.15, -0.1) is 0 Å². The zero-order chi connectivity index (χ0) is 11.8. The maximum absolute atomic E-state index is 11.8. The molecule has 1 aromatic carbocycles. The first-order valence-corrected chi connectivity index (χ1v) is 6.87. The maximum atomic E-state index is 11.8. The van der Waals surface area contributed by atoms with Crippen molar-refractivity contribution in [2.24, 2.45) is 0 Å². The predicted octanol–water partition coefficient (Wildman–Crippen LogP) is 2.08. The first kappa shape index (κ1) is 11.6. The molecule has 0 fully saturated rings. The van der Waals surface area contributed by atoms with Gasteiger partial charge in [-0.3, -0.25) is 0 Å². The zero-order valence-electron chi connectivity index (χ0n) is 8.83. The van der Waals surface area contributed by atoms with E-state index >= 15 is 0 Å². The van der Waals surface area contributed by atoms with Crippen LogP contribution < -0.4 is 5.32 Å². The molecule has 2 rings (SSSR count). The molecule has 0 saturated carbocycles. The minimum Gasteiger partial charge on any atom is -0.319 e. The molecule has 0 spiro atoms. The number of sulfone groups is 1. The lowest BCUT2D eigenvalue weighted by atomic mass is 10.1. The first-order chi connectivity index (χ1) is 7.54. The number of rotatable bonds is 3. The summed E-state index contributed by atoms with van der Waals surface area (Å²) in [4.78, 5) is 0.364. The van der Waals surface area contributed by atoms with Crippen molar-refractivity contribution >= 4 is 27.0 Å². The third-order valence-corrected chi connectivity index (χ3v) is 4.33. The van der Waals surface area contributed by atoms with Crippen LogP contribution in [0.15, 0.2) is 28.5 Å². The summed E-state index contributed by atoms with van der Waals surface area (Å²) in [5.74, 6) is 0. The quantitative estimate of drug-likeness (QED) is 0.902. The molecule has 1 N–H and O–H groups in total. The SMILES string of the molecule is CNCCC1=CS(=O)(=O)c2ccc(Cl)cc21. The van der Waals surface area contributed by atoms with Crippen molar-refractivity contribution in [1.29, 1.82) is 0 Å². The summed E-state index contributed by atoms with van der Waals surface area (Å²) in [5.41, 5.74) is 1.56. The Kier molecular flexibility index (Phi) is 3.06. The third-order valence-electron chi connectivity index (χ3n) is 2.54. The molecule has 0 aliphatic carbocycles. The van der Waals surface area contributed by atoms with Crippen molar-refractivity contribution < 1.29 is 8.42 Å². The van der Waals surface area contributed by atoms with Crippen LogP contribution in [-0.2, 0) is 9.84 Å². The van der Waals surface area contributed by atoms with Crippen molar-refractivity contribution in [3.8, 4) is 0 Å². The highest BCUT2D eigenvalue weighted by atomic mass is 35.5. The van der Waals surface area contributed by atoms with E-state index in [1.165, 1.54) is 5.41 Å². The van der Waals surface area contributed by atoms with E-state index in [-0.39, 0.29) is 0 Å². The topological polar surface area (TPSA) is 46.2 Å². The maximum Gasteiger partial charge on any atom is 0.200 e. The van der Waals surface area contributed by atoms with Crippen LogP contribution in [0.25, 0.3) is 5.57 Å². The van der Waals surface area contributed by atoms with E-state index in [0.717, 1.165) is 17.7 Å². The fourth-order valence-electron chi connectivity index (χ4n) is 1.77. The van der Waals surface area contributed by atoms with Crippen LogP contribution in [0.3, 0.4) is 0 Å². The van der Waals surface area contributed by atoms with Crippen molar-refractivity contribution in [3.05, 3.63) is 34.2 Å². The van der Waals surface area contributed by atoms with Crippen LogP contribution in [0.1, 0.15) is 12.0 Å². The van der Waals surface area contributed by atoms with Gasteiger partial charge in [0.15, 0.2) is 0 Å². The molecule has 0 unspecified atom stereocenters. The van der Waals surface area contributed by atoms with Crippen LogP contribution in [0.5, 0.6) is 0 Å². The van der Waals surface area contributed by atoms with Crippen molar-refractivity contribution in [1.82, 2.24) is 5.32 Å². The lowest BCUT2D eigenvalue weighted by Crippen LogP contribution is -2.07. The summed E-state index contributed by atoms with van der Waals surface area (Å²) in [6, 6.07) is 4.88. The van der Waals surface area contributed by atoms with E-state index in [0.29, 0.717) is 16.3 Å². The summed E-state index contributed by atoms with van der Waals surface area (Å²) in [5, 5.41) is 4.90. The van der Waals surface area contributed by atoms with E-state index < -0.39 is 9.84 Å². The van der Waals surface area contributed by atoms with E-state index in [2.05, 4.69) is 5.32 Å². The van der Waals surface area contributed by atoms with Gasteiger partial charge in [0.05, 0.1) is 4.90 Å². The molecule has 0 aromatic heterocycles. The monoisotopic (exact) mass is 257 g/mol. The second-order valence-electron chi connectivity index (χ2n) is 3.68. The molecule has 5 heteroatoms. The molecule has 1 aliphatic heterocycles. The van der Waals surface area contributed by atoms with Gasteiger partial charge in [0.1, 0.15) is 0 Å². The van der Waals surface area contributed by atoms with Gasteiger partial charge in [-0.2, -0.15) is 0 Å². The fourth-order valence-corrected chi connectivity index (χ4v) is 3.44. The van der Waals surface area contributed by atoms with Crippen molar-refractivity contribution in [2.45, 2.75) is 11.3 Å². The van der Waals surface area contributed by atoms with Crippen LogP contribution >= 0.6 is 11.6 Å². The highest BCUT2D eigenvalue weighted by Crippen LogP contribution is 2.36. The molecular formula is C11H12ClNO2S. The number of hydrogen-bond acceptors (Lipinski definition) is 3. The van der Waals surface area contributed by atoms with Gasteiger partial charge in [0.2, 0.25) is 9.84 Å². The van der Waals surface area contributed by atoms with Gasteiger partial charge in [-0.1, -0.05) is 11.6 Å². The first-order valence-electron chi connectivity index (χ1n) is 4.95. The molecule has 0 radical (unpaired) electrons. The number of fused-ring (bicyclic) bond motifs is 1. The lowest BCUT2D eigenvalue weighted by molar-refractivity contribution is 0.605. The van der Waals surface area contributed by atoms with Crippen molar-refractivity contribution in [2.75, 3.05) is 13.6 Å². The minimum absolute atomic E-state index is 0.364. The van der Waals surface area contributed by atoms with Crippen LogP contribution in [0.2, 0.25) is 5.02 Å². The number of benzene rings is 1. The van der Waals surface area contributed by atoms with Crippen LogP contribution in [-0.4, -0.2) is 22.0 Å². The predicted molar refractivity (Wildman–Crippen MR) is 65.2 cm³/mol. The van der Waals surface area contributed by atoms with Gasteiger partial charge < -0.3 is 5.32 Å². The van der Waals surface area contributed by atoms with E-state index in [9.17, 15) is 8.42 Å². The average Bonchev–Trinajstić information content (AvgIpc) is 2.47. The van der Waals surface area contributed by atoms with Crippen LogP contribution in [0.4, 0.5) is 0 Å². The Morgan fingerprint density at radius 3 is 2.81 bits per heavy atom. The van der Waals surface area contributed by atoms with Gasteiger partial charge in [0.25, 0.3) is 0 Å². The Hall–Kier alpha value is -0.840. The second-order valence-corrected chi connectivity index (χ2v) is 5.88. The lowest BCUT2D eigenvalue weighted by Gasteiger charge is -2.04. The molecule has 0 atom stereocenters.